The summed E-state index contributed by atoms with van der Waals surface area (Å²) in [7, 11) is 2.16. The van der Waals surface area contributed by atoms with E-state index in [4.69, 9.17) is 4.74 Å². The number of para-hydroxylation sites is 1. The van der Waals surface area contributed by atoms with Gasteiger partial charge in [-0.15, -0.1) is 0 Å². The molecular weight excluding hydrogens is 329 g/mol. The molecule has 0 spiro atoms. The van der Waals surface area contributed by atoms with Gasteiger partial charge in [-0.1, -0.05) is 66.2 Å². The quantitative estimate of drug-likeness (QED) is 0.613. The van der Waals surface area contributed by atoms with E-state index in [2.05, 4.69) is 97.4 Å². The molecular formula is C24H20BNO. The van der Waals surface area contributed by atoms with Crippen molar-refractivity contribution in [2.75, 3.05) is 0 Å². The van der Waals surface area contributed by atoms with Gasteiger partial charge in [-0.25, -0.2) is 0 Å². The molecule has 2 aliphatic carbocycles. The molecule has 1 aliphatic heterocycles. The highest BCUT2D eigenvalue weighted by atomic mass is 16.5. The Hall–Kier alpha value is -2.78. The van der Waals surface area contributed by atoms with Crippen LogP contribution >= 0.6 is 0 Å². The summed E-state index contributed by atoms with van der Waals surface area (Å²) >= 11 is 0. The van der Waals surface area contributed by atoms with Crippen molar-refractivity contribution in [2.24, 2.45) is 11.8 Å². The molecule has 4 atom stereocenters. The van der Waals surface area contributed by atoms with Gasteiger partial charge in [0.05, 0.1) is 23.2 Å². The zero-order chi connectivity index (χ0) is 18.0. The molecule has 3 aromatic rings. The minimum absolute atomic E-state index is 0.133. The molecule has 0 N–H and O–H groups in total. The number of aromatic nitrogens is 1. The summed E-state index contributed by atoms with van der Waals surface area (Å²) < 4.78 is 8.76. The van der Waals surface area contributed by atoms with Gasteiger partial charge in [-0.3, -0.25) is 0 Å². The van der Waals surface area contributed by atoms with Crippen LogP contribution in [0.2, 0.25) is 0 Å². The van der Waals surface area contributed by atoms with Crippen molar-refractivity contribution in [2.45, 2.75) is 12.2 Å². The molecule has 130 valence electrons. The van der Waals surface area contributed by atoms with Crippen molar-refractivity contribution >= 4 is 40.8 Å². The molecule has 0 bridgehead atoms. The standard InChI is InChI=1S/C24H20BNO/c25-15-9-11-18-17-5-1-3-7-21(17)26(22(18)13-15)16-10-12-20-19-6-2-4-8-23(19)27-24(20)14-16/h1-14,19-20,23-24H,25H2. The van der Waals surface area contributed by atoms with Gasteiger partial charge in [0.1, 0.15) is 7.85 Å². The summed E-state index contributed by atoms with van der Waals surface area (Å²) in [5, 5.41) is 2.61. The van der Waals surface area contributed by atoms with Gasteiger partial charge in [-0.05, 0) is 24.3 Å². The molecule has 4 unspecified atom stereocenters. The van der Waals surface area contributed by atoms with Crippen molar-refractivity contribution in [3.8, 4) is 0 Å². The first kappa shape index (κ1) is 15.3. The Bertz CT molecular complexity index is 1200. The number of benzene rings is 2. The van der Waals surface area contributed by atoms with E-state index in [0.717, 1.165) is 0 Å². The Morgan fingerprint density at radius 3 is 2.59 bits per heavy atom. The SMILES string of the molecule is Bc1ccc2c3ccccc3n(C3=CC4OC5C=CC=CC5C4C=C3)c2c1. The predicted molar refractivity (Wildman–Crippen MR) is 115 cm³/mol. The summed E-state index contributed by atoms with van der Waals surface area (Å²) in [5.74, 6) is 0.879. The minimum atomic E-state index is 0.133. The van der Waals surface area contributed by atoms with Crippen LogP contribution in [0.15, 0.2) is 85.0 Å². The normalized spacial score (nSPS) is 28.5. The number of hydrogen-bond acceptors (Lipinski definition) is 1. The number of ether oxygens (including phenoxy) is 1. The summed E-state index contributed by atoms with van der Waals surface area (Å²) in [4.78, 5) is 0. The number of hydrogen-bond donors (Lipinski definition) is 0. The largest absolute Gasteiger partial charge is 0.365 e. The maximum absolute atomic E-state index is 6.37. The molecule has 1 fully saturated rings. The molecule has 1 aromatic heterocycles. The molecule has 6 rings (SSSR count). The Morgan fingerprint density at radius 1 is 0.815 bits per heavy atom. The molecule has 2 heterocycles. The van der Waals surface area contributed by atoms with E-state index in [9.17, 15) is 0 Å². The summed E-state index contributed by atoms with van der Waals surface area (Å²) in [6.07, 6.45) is 16.0. The van der Waals surface area contributed by atoms with Crippen LogP contribution in [0.3, 0.4) is 0 Å². The highest BCUT2D eigenvalue weighted by Gasteiger charge is 2.41. The number of rotatable bonds is 1. The van der Waals surface area contributed by atoms with Crippen LogP contribution < -0.4 is 5.46 Å². The van der Waals surface area contributed by atoms with Crippen molar-refractivity contribution < 1.29 is 4.74 Å². The van der Waals surface area contributed by atoms with Crippen LogP contribution in [0.4, 0.5) is 0 Å². The molecule has 1 saturated heterocycles. The van der Waals surface area contributed by atoms with Gasteiger partial charge >= 0.3 is 0 Å². The van der Waals surface area contributed by atoms with Gasteiger partial charge in [0.15, 0.2) is 0 Å². The Morgan fingerprint density at radius 2 is 1.63 bits per heavy atom. The fourth-order valence-electron chi connectivity index (χ4n) is 4.91. The highest BCUT2D eigenvalue weighted by Crippen LogP contribution is 2.42. The number of fused-ring (bicyclic) bond motifs is 6. The fraction of sp³-hybridized carbons (Fsp3) is 0.167. The predicted octanol–water partition coefficient (Wildman–Crippen LogP) is 3.59. The lowest BCUT2D eigenvalue weighted by molar-refractivity contribution is 0.0886. The molecule has 3 aliphatic rings. The smallest absolute Gasteiger partial charge is 0.139 e. The first-order valence-electron chi connectivity index (χ1n) is 9.70. The first-order valence-corrected chi connectivity index (χ1v) is 9.70. The summed E-state index contributed by atoms with van der Waals surface area (Å²) in [6.45, 7) is 0. The van der Waals surface area contributed by atoms with E-state index < -0.39 is 0 Å². The van der Waals surface area contributed by atoms with Gasteiger partial charge in [0.25, 0.3) is 0 Å². The molecule has 3 heteroatoms. The van der Waals surface area contributed by atoms with Crippen LogP contribution in [0.5, 0.6) is 0 Å². The molecule has 27 heavy (non-hydrogen) atoms. The van der Waals surface area contributed by atoms with Crippen LogP contribution in [0.25, 0.3) is 27.5 Å². The summed E-state index contributed by atoms with van der Waals surface area (Å²) in [5.41, 5.74) is 5.01. The van der Waals surface area contributed by atoms with E-state index in [-0.39, 0.29) is 12.2 Å². The zero-order valence-electron chi connectivity index (χ0n) is 15.2. The molecule has 0 saturated carbocycles. The van der Waals surface area contributed by atoms with Gasteiger partial charge in [0, 0.05) is 28.3 Å². The van der Waals surface area contributed by atoms with Crippen LogP contribution in [-0.2, 0) is 4.74 Å². The summed E-state index contributed by atoms with van der Waals surface area (Å²) in [6, 6.07) is 15.4. The second-order valence-electron chi connectivity index (χ2n) is 7.81. The van der Waals surface area contributed by atoms with E-state index in [1.54, 1.807) is 0 Å². The average molecular weight is 349 g/mol. The van der Waals surface area contributed by atoms with Crippen molar-refractivity contribution in [3.63, 3.8) is 0 Å². The van der Waals surface area contributed by atoms with Crippen molar-refractivity contribution in [1.82, 2.24) is 4.57 Å². The van der Waals surface area contributed by atoms with E-state index in [1.165, 1.54) is 33.0 Å². The molecule has 2 aromatic carbocycles. The minimum Gasteiger partial charge on any atom is -0.365 e. The lowest BCUT2D eigenvalue weighted by atomic mass is 9.82. The third-order valence-electron chi connectivity index (χ3n) is 6.17. The topological polar surface area (TPSA) is 14.2 Å². The monoisotopic (exact) mass is 349 g/mol. The second kappa shape index (κ2) is 5.61. The van der Waals surface area contributed by atoms with Crippen LogP contribution in [0, 0.1) is 11.8 Å². The number of allylic oxidation sites excluding steroid dienone is 4. The first-order chi connectivity index (χ1) is 13.3. The Labute approximate surface area is 159 Å². The average Bonchev–Trinajstić information content (AvgIpc) is 3.22. The molecule has 0 radical (unpaired) electrons. The van der Waals surface area contributed by atoms with E-state index in [1.807, 2.05) is 0 Å². The van der Waals surface area contributed by atoms with Gasteiger partial charge < -0.3 is 9.30 Å². The van der Waals surface area contributed by atoms with Crippen molar-refractivity contribution in [3.05, 3.63) is 85.0 Å². The molecule has 0 amide bonds. The fourth-order valence-corrected chi connectivity index (χ4v) is 4.91. The third-order valence-corrected chi connectivity index (χ3v) is 6.17. The zero-order valence-corrected chi connectivity index (χ0v) is 15.2. The maximum atomic E-state index is 6.37. The highest BCUT2D eigenvalue weighted by molar-refractivity contribution is 6.33. The van der Waals surface area contributed by atoms with Crippen LogP contribution in [0.1, 0.15) is 0 Å². The Balaban J connectivity index is 1.54. The lowest BCUT2D eigenvalue weighted by Crippen LogP contribution is -2.20. The maximum Gasteiger partial charge on any atom is 0.139 e. The van der Waals surface area contributed by atoms with E-state index >= 15 is 0 Å². The second-order valence-corrected chi connectivity index (χ2v) is 7.81. The van der Waals surface area contributed by atoms with Crippen LogP contribution in [-0.4, -0.2) is 24.6 Å². The Kier molecular flexibility index (Phi) is 3.18. The third kappa shape index (κ3) is 2.18. The lowest BCUT2D eigenvalue weighted by Gasteiger charge is -2.22. The van der Waals surface area contributed by atoms with Gasteiger partial charge in [-0.2, -0.15) is 0 Å². The van der Waals surface area contributed by atoms with E-state index in [0.29, 0.717) is 11.8 Å². The number of nitrogens with zero attached hydrogens (tertiary/aromatic N) is 1. The van der Waals surface area contributed by atoms with Gasteiger partial charge in [0.2, 0.25) is 0 Å². The van der Waals surface area contributed by atoms with Crippen molar-refractivity contribution in [1.29, 1.82) is 0 Å². The molecule has 2 nitrogen and oxygen atoms in total.